The van der Waals surface area contributed by atoms with Gasteiger partial charge in [-0.05, 0) is 37.8 Å². The molecular weight excluding hydrogens is 350 g/mol. The first-order valence-corrected chi connectivity index (χ1v) is 9.65. The van der Waals surface area contributed by atoms with Gasteiger partial charge in [0.25, 0.3) is 0 Å². The summed E-state index contributed by atoms with van der Waals surface area (Å²) in [5.74, 6) is 1.05. The lowest BCUT2D eigenvalue weighted by Crippen LogP contribution is -2.37. The normalized spacial score (nSPS) is 17.2. The second kappa shape index (κ2) is 8.21. The van der Waals surface area contributed by atoms with E-state index in [0.29, 0.717) is 18.3 Å². The summed E-state index contributed by atoms with van der Waals surface area (Å²) in [6.45, 7) is 2.74. The molecule has 3 aromatic rings. The molecule has 0 spiro atoms. The summed E-state index contributed by atoms with van der Waals surface area (Å²) in [5, 5.41) is 4.14. The molecule has 5 nitrogen and oxygen atoms in total. The van der Waals surface area contributed by atoms with Crippen LogP contribution in [0.1, 0.15) is 42.3 Å². The van der Waals surface area contributed by atoms with Gasteiger partial charge < -0.3 is 9.42 Å². The molecule has 1 unspecified atom stereocenters. The van der Waals surface area contributed by atoms with Gasteiger partial charge in [0.2, 0.25) is 17.6 Å². The Morgan fingerprint density at radius 3 is 2.68 bits per heavy atom. The zero-order valence-corrected chi connectivity index (χ0v) is 15.9. The predicted molar refractivity (Wildman–Crippen MR) is 108 cm³/mol. The number of rotatable bonds is 4. The van der Waals surface area contributed by atoms with E-state index in [9.17, 15) is 4.79 Å². The first-order valence-electron chi connectivity index (χ1n) is 9.65. The molecule has 1 saturated heterocycles. The zero-order chi connectivity index (χ0) is 19.3. The van der Waals surface area contributed by atoms with Crippen LogP contribution in [0, 0.1) is 6.92 Å². The lowest BCUT2D eigenvalue weighted by Gasteiger charge is -2.32. The number of likely N-dealkylation sites (tertiary alicyclic amines) is 1. The number of piperidine rings is 1. The summed E-state index contributed by atoms with van der Waals surface area (Å²) in [4.78, 5) is 19.3. The highest BCUT2D eigenvalue weighted by molar-refractivity contribution is 5.92. The summed E-state index contributed by atoms with van der Waals surface area (Å²) < 4.78 is 5.55. The molecule has 1 aliphatic heterocycles. The summed E-state index contributed by atoms with van der Waals surface area (Å²) in [6, 6.07) is 17.7. The number of benzene rings is 2. The van der Waals surface area contributed by atoms with Gasteiger partial charge in [0.1, 0.15) is 6.04 Å². The third-order valence-corrected chi connectivity index (χ3v) is 5.04. The summed E-state index contributed by atoms with van der Waals surface area (Å²) in [7, 11) is 0. The van der Waals surface area contributed by atoms with Gasteiger partial charge in [-0.2, -0.15) is 4.98 Å². The molecule has 1 fully saturated rings. The number of aryl methyl sites for hydroxylation is 1. The van der Waals surface area contributed by atoms with Crippen molar-refractivity contribution in [1.82, 2.24) is 15.0 Å². The van der Waals surface area contributed by atoms with Crippen LogP contribution >= 0.6 is 0 Å². The second-order valence-electron chi connectivity index (χ2n) is 7.11. The molecule has 28 heavy (non-hydrogen) atoms. The van der Waals surface area contributed by atoms with Crippen molar-refractivity contribution >= 4 is 12.0 Å². The van der Waals surface area contributed by atoms with Crippen molar-refractivity contribution in [2.75, 3.05) is 6.54 Å². The van der Waals surface area contributed by atoms with Crippen LogP contribution in [0.2, 0.25) is 0 Å². The topological polar surface area (TPSA) is 59.2 Å². The number of aromatic nitrogens is 2. The molecule has 2 heterocycles. The molecule has 0 radical (unpaired) electrons. The lowest BCUT2D eigenvalue weighted by molar-refractivity contribution is -0.130. The minimum atomic E-state index is -0.173. The Bertz CT molecular complexity index is 961. The van der Waals surface area contributed by atoms with E-state index in [0.717, 1.165) is 30.4 Å². The maximum Gasteiger partial charge on any atom is 0.249 e. The molecular formula is C23H23N3O2. The highest BCUT2D eigenvalue weighted by atomic mass is 16.5. The average molecular weight is 373 g/mol. The van der Waals surface area contributed by atoms with Gasteiger partial charge >= 0.3 is 0 Å². The largest absolute Gasteiger partial charge is 0.337 e. The smallest absolute Gasteiger partial charge is 0.249 e. The number of hydrogen-bond acceptors (Lipinski definition) is 4. The van der Waals surface area contributed by atoms with Crippen LogP contribution in [-0.2, 0) is 4.79 Å². The molecule has 1 aromatic heterocycles. The minimum absolute atomic E-state index is 0.0244. The minimum Gasteiger partial charge on any atom is -0.337 e. The van der Waals surface area contributed by atoms with Crippen LogP contribution in [0.5, 0.6) is 0 Å². The van der Waals surface area contributed by atoms with E-state index < -0.39 is 0 Å². The molecule has 2 aromatic carbocycles. The molecule has 142 valence electrons. The maximum absolute atomic E-state index is 12.8. The quantitative estimate of drug-likeness (QED) is 0.616. The highest BCUT2D eigenvalue weighted by Gasteiger charge is 2.31. The first-order chi connectivity index (χ1) is 13.7. The van der Waals surface area contributed by atoms with E-state index >= 15 is 0 Å². The van der Waals surface area contributed by atoms with E-state index in [1.54, 1.807) is 6.08 Å². The standard InChI is InChI=1S/C23H23N3O2/c1-17-10-13-19(14-11-17)22-24-23(28-25-22)20-9-5-6-16-26(20)21(27)15-12-18-7-3-2-4-8-18/h2-4,7-8,10-15,20H,5-6,9,16H2,1H3. The molecule has 4 rings (SSSR count). The van der Waals surface area contributed by atoms with Gasteiger partial charge in [-0.15, -0.1) is 0 Å². The summed E-state index contributed by atoms with van der Waals surface area (Å²) in [6.07, 6.45) is 6.34. The molecule has 1 amide bonds. The molecule has 5 heteroatoms. The Morgan fingerprint density at radius 2 is 1.89 bits per heavy atom. The zero-order valence-electron chi connectivity index (χ0n) is 15.9. The fourth-order valence-electron chi connectivity index (χ4n) is 3.47. The van der Waals surface area contributed by atoms with Gasteiger partial charge in [-0.3, -0.25) is 4.79 Å². The van der Waals surface area contributed by atoms with Crippen molar-refractivity contribution in [3.05, 3.63) is 77.7 Å². The van der Waals surface area contributed by atoms with Crippen LogP contribution < -0.4 is 0 Å². The monoisotopic (exact) mass is 373 g/mol. The summed E-state index contributed by atoms with van der Waals surface area (Å²) >= 11 is 0. The first kappa shape index (κ1) is 18.2. The van der Waals surface area contributed by atoms with E-state index in [1.165, 1.54) is 5.56 Å². The SMILES string of the molecule is Cc1ccc(-c2noc(C3CCCCN3C(=O)C=Cc3ccccc3)n2)cc1. The number of amides is 1. The van der Waals surface area contributed by atoms with Gasteiger partial charge in [-0.25, -0.2) is 0 Å². The predicted octanol–water partition coefficient (Wildman–Crippen LogP) is 4.81. The van der Waals surface area contributed by atoms with Gasteiger partial charge in [0.05, 0.1) is 0 Å². The third-order valence-electron chi connectivity index (χ3n) is 5.04. The van der Waals surface area contributed by atoms with Crippen LogP contribution in [0.4, 0.5) is 0 Å². The van der Waals surface area contributed by atoms with Gasteiger partial charge in [0, 0.05) is 18.2 Å². The fraction of sp³-hybridized carbons (Fsp3) is 0.261. The summed E-state index contributed by atoms with van der Waals surface area (Å²) in [5.41, 5.74) is 3.10. The van der Waals surface area contributed by atoms with E-state index in [1.807, 2.05) is 72.5 Å². The number of nitrogens with zero attached hydrogens (tertiary/aromatic N) is 3. The number of carbonyl (C=O) groups excluding carboxylic acids is 1. The Kier molecular flexibility index (Phi) is 5.33. The molecule has 0 aliphatic carbocycles. The molecule has 0 bridgehead atoms. The molecule has 1 aliphatic rings. The average Bonchev–Trinajstić information content (AvgIpc) is 3.23. The van der Waals surface area contributed by atoms with Gasteiger partial charge in [0.15, 0.2) is 0 Å². The van der Waals surface area contributed by atoms with E-state index in [2.05, 4.69) is 10.1 Å². The van der Waals surface area contributed by atoms with E-state index in [-0.39, 0.29) is 11.9 Å². The maximum atomic E-state index is 12.8. The fourth-order valence-corrected chi connectivity index (χ4v) is 3.47. The van der Waals surface area contributed by atoms with Crippen molar-refractivity contribution in [3.8, 4) is 11.4 Å². The Hall–Kier alpha value is -3.21. The lowest BCUT2D eigenvalue weighted by atomic mass is 10.0. The van der Waals surface area contributed by atoms with Crippen LogP contribution in [0.15, 0.2) is 65.2 Å². The van der Waals surface area contributed by atoms with Crippen LogP contribution in [0.25, 0.3) is 17.5 Å². The molecule has 0 saturated carbocycles. The van der Waals surface area contributed by atoms with Gasteiger partial charge in [-0.1, -0.05) is 65.3 Å². The number of carbonyl (C=O) groups is 1. The van der Waals surface area contributed by atoms with Crippen molar-refractivity contribution in [2.24, 2.45) is 0 Å². The van der Waals surface area contributed by atoms with Crippen LogP contribution in [-0.4, -0.2) is 27.5 Å². The third kappa shape index (κ3) is 4.03. The van der Waals surface area contributed by atoms with Crippen molar-refractivity contribution in [2.45, 2.75) is 32.2 Å². The highest BCUT2D eigenvalue weighted by Crippen LogP contribution is 2.31. The van der Waals surface area contributed by atoms with Crippen molar-refractivity contribution in [3.63, 3.8) is 0 Å². The second-order valence-corrected chi connectivity index (χ2v) is 7.11. The number of hydrogen-bond donors (Lipinski definition) is 0. The van der Waals surface area contributed by atoms with E-state index in [4.69, 9.17) is 4.52 Å². The Labute approximate surface area is 164 Å². The Balaban J connectivity index is 1.53. The van der Waals surface area contributed by atoms with Crippen molar-refractivity contribution in [1.29, 1.82) is 0 Å². The van der Waals surface area contributed by atoms with Crippen molar-refractivity contribution < 1.29 is 9.32 Å². The van der Waals surface area contributed by atoms with Crippen LogP contribution in [0.3, 0.4) is 0 Å². The Morgan fingerprint density at radius 1 is 1.11 bits per heavy atom. The molecule has 1 atom stereocenters. The molecule has 0 N–H and O–H groups in total.